The molecule has 1 N–H and O–H groups in total. The molecule has 0 aromatic heterocycles. The highest BCUT2D eigenvalue weighted by Crippen LogP contribution is 2.34. The second kappa shape index (κ2) is 7.36. The van der Waals surface area contributed by atoms with Crippen molar-refractivity contribution in [3.8, 4) is 23.3 Å². The third-order valence-corrected chi connectivity index (χ3v) is 3.40. The van der Waals surface area contributed by atoms with Crippen LogP contribution in [0.5, 0.6) is 17.2 Å². The summed E-state index contributed by atoms with van der Waals surface area (Å²) in [5.41, 5.74) is 1.12. The third-order valence-electron chi connectivity index (χ3n) is 3.40. The first-order chi connectivity index (χ1) is 11.1. The predicted molar refractivity (Wildman–Crippen MR) is 84.5 cm³/mol. The van der Waals surface area contributed by atoms with Gasteiger partial charge in [-0.05, 0) is 12.1 Å². The minimum Gasteiger partial charge on any atom is -0.496 e. The maximum atomic E-state index is 13.6. The van der Waals surface area contributed by atoms with E-state index in [1.165, 1.54) is 6.07 Å². The quantitative estimate of drug-likeness (QED) is 0.885. The second-order valence-corrected chi connectivity index (χ2v) is 4.64. The number of nitrogens with zero attached hydrogens (tertiary/aromatic N) is 1. The molecule has 0 fully saturated rings. The van der Waals surface area contributed by atoms with Crippen molar-refractivity contribution in [2.75, 3.05) is 26.6 Å². The summed E-state index contributed by atoms with van der Waals surface area (Å²) in [7, 11) is 4.64. The average molecular weight is 316 g/mol. The fraction of sp³-hybridized carbons (Fsp3) is 0.235. The van der Waals surface area contributed by atoms with E-state index in [0.717, 1.165) is 5.56 Å². The minimum absolute atomic E-state index is 0.0288. The van der Waals surface area contributed by atoms with E-state index in [1.54, 1.807) is 45.6 Å². The lowest BCUT2D eigenvalue weighted by Crippen LogP contribution is -2.06. The summed E-state index contributed by atoms with van der Waals surface area (Å²) in [6.07, 6.45) is 0. The Morgan fingerprint density at radius 1 is 1.09 bits per heavy atom. The molecule has 0 spiro atoms. The predicted octanol–water partition coefficient (Wildman–Crippen LogP) is 3.34. The summed E-state index contributed by atoms with van der Waals surface area (Å²) in [5.74, 6) is 1.18. The van der Waals surface area contributed by atoms with Gasteiger partial charge in [-0.2, -0.15) is 5.26 Å². The summed E-state index contributed by atoms with van der Waals surface area (Å²) in [6.45, 7) is 0.300. The Balaban J connectivity index is 2.34. The second-order valence-electron chi connectivity index (χ2n) is 4.64. The Hall–Kier alpha value is -2.94. The van der Waals surface area contributed by atoms with Crippen LogP contribution in [0.15, 0.2) is 30.3 Å². The molecule has 0 atom stereocenters. The van der Waals surface area contributed by atoms with Gasteiger partial charge in [-0.3, -0.25) is 0 Å². The van der Waals surface area contributed by atoms with E-state index in [4.69, 9.17) is 19.5 Å². The van der Waals surface area contributed by atoms with E-state index in [2.05, 4.69) is 5.32 Å². The van der Waals surface area contributed by atoms with Crippen LogP contribution in [0.25, 0.3) is 0 Å². The third kappa shape index (κ3) is 3.46. The molecule has 0 amide bonds. The molecule has 0 bridgehead atoms. The lowest BCUT2D eigenvalue weighted by Gasteiger charge is -2.16. The molecule has 2 aromatic rings. The van der Waals surface area contributed by atoms with Crippen LogP contribution in [0.3, 0.4) is 0 Å². The van der Waals surface area contributed by atoms with Gasteiger partial charge in [0.05, 0.1) is 32.6 Å². The molecular formula is C17H17FN2O3. The smallest absolute Gasteiger partial charge is 0.143 e. The summed E-state index contributed by atoms with van der Waals surface area (Å²) in [6, 6.07) is 9.75. The largest absolute Gasteiger partial charge is 0.496 e. The van der Waals surface area contributed by atoms with Crippen LogP contribution < -0.4 is 19.5 Å². The van der Waals surface area contributed by atoms with E-state index in [-0.39, 0.29) is 5.56 Å². The van der Waals surface area contributed by atoms with Crippen LogP contribution in [0, 0.1) is 17.1 Å². The highest BCUT2D eigenvalue weighted by Gasteiger charge is 2.14. The number of anilines is 1. The standard InChI is InChI=1S/C17H17FN2O3/c1-21-11-7-16(22-2)13(17(8-11)23-3)10-20-15-6-4-5-14(18)12(15)9-19/h4-8,20H,10H2,1-3H3. The van der Waals surface area contributed by atoms with Gasteiger partial charge in [0.1, 0.15) is 34.7 Å². The molecule has 0 saturated carbocycles. The van der Waals surface area contributed by atoms with E-state index in [1.807, 2.05) is 6.07 Å². The lowest BCUT2D eigenvalue weighted by atomic mass is 10.1. The molecule has 6 heteroatoms. The van der Waals surface area contributed by atoms with Gasteiger partial charge in [-0.1, -0.05) is 6.07 Å². The highest BCUT2D eigenvalue weighted by molar-refractivity contribution is 5.59. The molecule has 0 unspecified atom stereocenters. The normalized spacial score (nSPS) is 9.87. The van der Waals surface area contributed by atoms with Crippen LogP contribution in [-0.2, 0) is 6.54 Å². The van der Waals surface area contributed by atoms with Gasteiger partial charge in [0.25, 0.3) is 0 Å². The summed E-state index contributed by atoms with van der Waals surface area (Å²) in [5, 5.41) is 12.1. The van der Waals surface area contributed by atoms with Gasteiger partial charge >= 0.3 is 0 Å². The SMILES string of the molecule is COc1cc(OC)c(CNc2cccc(F)c2C#N)c(OC)c1. The minimum atomic E-state index is -0.564. The zero-order chi connectivity index (χ0) is 16.8. The van der Waals surface area contributed by atoms with Crippen molar-refractivity contribution >= 4 is 5.69 Å². The number of benzene rings is 2. The van der Waals surface area contributed by atoms with Crippen LogP contribution in [0.4, 0.5) is 10.1 Å². The van der Waals surface area contributed by atoms with Crippen molar-refractivity contribution in [3.63, 3.8) is 0 Å². The first kappa shape index (κ1) is 16.4. The Bertz CT molecular complexity index is 716. The van der Waals surface area contributed by atoms with Gasteiger partial charge in [0.2, 0.25) is 0 Å². The molecule has 0 aliphatic carbocycles. The zero-order valence-corrected chi connectivity index (χ0v) is 13.1. The summed E-state index contributed by atoms with van der Waals surface area (Å²) < 4.78 is 29.6. The van der Waals surface area contributed by atoms with Crippen molar-refractivity contribution < 1.29 is 18.6 Å². The van der Waals surface area contributed by atoms with E-state index < -0.39 is 5.82 Å². The number of halogens is 1. The molecule has 0 radical (unpaired) electrons. The average Bonchev–Trinajstić information content (AvgIpc) is 2.59. The van der Waals surface area contributed by atoms with Gasteiger partial charge in [-0.25, -0.2) is 4.39 Å². The lowest BCUT2D eigenvalue weighted by molar-refractivity contribution is 0.369. The number of nitrogens with one attached hydrogen (secondary N) is 1. The summed E-state index contributed by atoms with van der Waals surface area (Å²) in [4.78, 5) is 0. The number of rotatable bonds is 6. The first-order valence-corrected chi connectivity index (χ1v) is 6.86. The fourth-order valence-corrected chi connectivity index (χ4v) is 2.22. The molecule has 120 valence electrons. The molecular weight excluding hydrogens is 299 g/mol. The van der Waals surface area contributed by atoms with Crippen molar-refractivity contribution in [1.82, 2.24) is 0 Å². The summed E-state index contributed by atoms with van der Waals surface area (Å²) >= 11 is 0. The van der Waals surface area contributed by atoms with Crippen molar-refractivity contribution in [3.05, 3.63) is 47.3 Å². The van der Waals surface area contributed by atoms with Crippen LogP contribution in [0.1, 0.15) is 11.1 Å². The van der Waals surface area contributed by atoms with Crippen molar-refractivity contribution in [1.29, 1.82) is 5.26 Å². The topological polar surface area (TPSA) is 63.5 Å². The number of methoxy groups -OCH3 is 3. The molecule has 0 aliphatic heterocycles. The van der Waals surface area contributed by atoms with Crippen LogP contribution >= 0.6 is 0 Å². The fourth-order valence-electron chi connectivity index (χ4n) is 2.22. The number of nitriles is 1. The maximum absolute atomic E-state index is 13.6. The molecule has 5 nitrogen and oxygen atoms in total. The Labute approximate surface area is 134 Å². The van der Waals surface area contributed by atoms with E-state index in [0.29, 0.717) is 29.5 Å². The monoisotopic (exact) mass is 316 g/mol. The van der Waals surface area contributed by atoms with Gasteiger partial charge in [-0.15, -0.1) is 0 Å². The van der Waals surface area contributed by atoms with E-state index in [9.17, 15) is 4.39 Å². The number of ether oxygens (including phenoxy) is 3. The molecule has 0 aliphatic rings. The van der Waals surface area contributed by atoms with Crippen LogP contribution in [0.2, 0.25) is 0 Å². The van der Waals surface area contributed by atoms with Gasteiger partial charge < -0.3 is 19.5 Å². The Morgan fingerprint density at radius 2 is 1.74 bits per heavy atom. The molecule has 2 rings (SSSR count). The first-order valence-electron chi connectivity index (χ1n) is 6.86. The maximum Gasteiger partial charge on any atom is 0.143 e. The van der Waals surface area contributed by atoms with Crippen LogP contribution in [-0.4, -0.2) is 21.3 Å². The molecule has 23 heavy (non-hydrogen) atoms. The number of hydrogen-bond donors (Lipinski definition) is 1. The Kier molecular flexibility index (Phi) is 5.26. The Morgan fingerprint density at radius 3 is 2.26 bits per heavy atom. The van der Waals surface area contributed by atoms with Gasteiger partial charge in [0, 0.05) is 18.7 Å². The van der Waals surface area contributed by atoms with Crippen molar-refractivity contribution in [2.45, 2.75) is 6.54 Å². The van der Waals surface area contributed by atoms with Gasteiger partial charge in [0.15, 0.2) is 0 Å². The molecule has 2 aromatic carbocycles. The molecule has 0 saturated heterocycles. The highest BCUT2D eigenvalue weighted by atomic mass is 19.1. The van der Waals surface area contributed by atoms with E-state index >= 15 is 0 Å². The number of hydrogen-bond acceptors (Lipinski definition) is 5. The van der Waals surface area contributed by atoms with Crippen molar-refractivity contribution in [2.24, 2.45) is 0 Å². The zero-order valence-electron chi connectivity index (χ0n) is 13.1. The molecule has 0 heterocycles.